The third kappa shape index (κ3) is 1.49. The highest BCUT2D eigenvalue weighted by Gasteiger charge is 2.39. The van der Waals surface area contributed by atoms with Crippen LogP contribution in [0, 0.1) is 5.92 Å². The Morgan fingerprint density at radius 2 is 2.07 bits per heavy atom. The Labute approximate surface area is 90.5 Å². The molecule has 0 bridgehead atoms. The fourth-order valence-electron chi connectivity index (χ4n) is 2.54. The summed E-state index contributed by atoms with van der Waals surface area (Å²) >= 11 is 0. The fraction of sp³-hybridized carbons (Fsp3) is 0.462. The number of hydrogen-bond donors (Lipinski definition) is 1. The molecule has 1 aromatic carbocycles. The van der Waals surface area contributed by atoms with Gasteiger partial charge in [-0.25, -0.2) is 0 Å². The van der Waals surface area contributed by atoms with E-state index in [1.54, 1.807) is 0 Å². The highest BCUT2D eigenvalue weighted by molar-refractivity contribution is 6.03. The zero-order valence-electron chi connectivity index (χ0n) is 9.23. The molecule has 3 atom stereocenters. The van der Waals surface area contributed by atoms with E-state index in [0.717, 1.165) is 17.5 Å². The molecule has 80 valence electrons. The average Bonchev–Trinajstić information content (AvgIpc) is 2.52. The van der Waals surface area contributed by atoms with Gasteiger partial charge in [0, 0.05) is 17.5 Å². The summed E-state index contributed by atoms with van der Waals surface area (Å²) in [5.74, 6) is 0.475. The van der Waals surface area contributed by atoms with E-state index >= 15 is 0 Å². The van der Waals surface area contributed by atoms with Crippen LogP contribution in [-0.4, -0.2) is 11.8 Å². The smallest absolute Gasteiger partial charge is 0.168 e. The molecular weight excluding hydrogens is 186 g/mol. The van der Waals surface area contributed by atoms with Gasteiger partial charge in [-0.2, -0.15) is 0 Å². The number of benzene rings is 1. The maximum absolute atomic E-state index is 12.1. The van der Waals surface area contributed by atoms with Crippen molar-refractivity contribution in [3.8, 4) is 0 Å². The van der Waals surface area contributed by atoms with Gasteiger partial charge in [0.2, 0.25) is 0 Å². The first-order valence-electron chi connectivity index (χ1n) is 5.55. The number of carbonyl (C=O) groups excluding carboxylic acids is 1. The first-order valence-corrected chi connectivity index (χ1v) is 5.55. The predicted octanol–water partition coefficient (Wildman–Crippen LogP) is 2.34. The van der Waals surface area contributed by atoms with Crippen LogP contribution in [0.3, 0.4) is 0 Å². The fourth-order valence-corrected chi connectivity index (χ4v) is 2.54. The van der Waals surface area contributed by atoms with Crippen molar-refractivity contribution < 1.29 is 4.79 Å². The molecule has 0 saturated carbocycles. The van der Waals surface area contributed by atoms with Crippen LogP contribution in [0.4, 0.5) is 0 Å². The lowest BCUT2D eigenvalue weighted by molar-refractivity contribution is 0.0905. The molecule has 0 radical (unpaired) electrons. The summed E-state index contributed by atoms with van der Waals surface area (Å²) in [4.78, 5) is 12.1. The standard InChI is InChI=1S/C13H17NO/c1-3-11(14)12-8(2)9-6-4-5-7-10(9)13(12)15/h4-8,11-12H,3,14H2,1-2H3. The van der Waals surface area contributed by atoms with Crippen LogP contribution in [0.5, 0.6) is 0 Å². The van der Waals surface area contributed by atoms with Crippen LogP contribution in [-0.2, 0) is 0 Å². The minimum absolute atomic E-state index is 0.0140. The van der Waals surface area contributed by atoms with Gasteiger partial charge in [-0.3, -0.25) is 4.79 Å². The predicted molar refractivity (Wildman–Crippen MR) is 60.9 cm³/mol. The minimum atomic E-state index is -0.0209. The number of fused-ring (bicyclic) bond motifs is 1. The van der Waals surface area contributed by atoms with E-state index in [0.29, 0.717) is 0 Å². The summed E-state index contributed by atoms with van der Waals surface area (Å²) in [5.41, 5.74) is 8.05. The van der Waals surface area contributed by atoms with Crippen molar-refractivity contribution in [2.45, 2.75) is 32.2 Å². The molecule has 2 rings (SSSR count). The molecule has 2 N–H and O–H groups in total. The van der Waals surface area contributed by atoms with E-state index in [4.69, 9.17) is 5.73 Å². The van der Waals surface area contributed by atoms with E-state index in [1.165, 1.54) is 0 Å². The second kappa shape index (κ2) is 3.78. The summed E-state index contributed by atoms with van der Waals surface area (Å²) in [6.45, 7) is 4.14. The molecule has 15 heavy (non-hydrogen) atoms. The molecule has 0 aromatic heterocycles. The summed E-state index contributed by atoms with van der Waals surface area (Å²) in [6.07, 6.45) is 0.856. The van der Waals surface area contributed by atoms with Crippen molar-refractivity contribution in [1.82, 2.24) is 0 Å². The number of ketones is 1. The highest BCUT2D eigenvalue weighted by atomic mass is 16.1. The van der Waals surface area contributed by atoms with E-state index < -0.39 is 0 Å². The van der Waals surface area contributed by atoms with Crippen LogP contribution in [0.2, 0.25) is 0 Å². The minimum Gasteiger partial charge on any atom is -0.327 e. The second-order valence-electron chi connectivity index (χ2n) is 4.34. The molecule has 0 aliphatic heterocycles. The summed E-state index contributed by atoms with van der Waals surface area (Å²) in [5, 5.41) is 0. The Bertz CT molecular complexity index is 386. The first-order chi connectivity index (χ1) is 7.16. The number of carbonyl (C=O) groups is 1. The van der Waals surface area contributed by atoms with Crippen molar-refractivity contribution in [3.63, 3.8) is 0 Å². The van der Waals surface area contributed by atoms with Crippen LogP contribution in [0.1, 0.15) is 42.1 Å². The monoisotopic (exact) mass is 203 g/mol. The zero-order valence-corrected chi connectivity index (χ0v) is 9.23. The maximum atomic E-state index is 12.1. The maximum Gasteiger partial charge on any atom is 0.168 e. The molecule has 0 amide bonds. The van der Waals surface area contributed by atoms with E-state index in [9.17, 15) is 4.79 Å². The summed E-state index contributed by atoms with van der Waals surface area (Å²) in [7, 11) is 0. The van der Waals surface area contributed by atoms with Gasteiger partial charge >= 0.3 is 0 Å². The summed E-state index contributed by atoms with van der Waals surface area (Å²) in [6, 6.07) is 7.85. The molecule has 0 spiro atoms. The van der Waals surface area contributed by atoms with Gasteiger partial charge in [0.15, 0.2) is 5.78 Å². The van der Waals surface area contributed by atoms with Crippen LogP contribution in [0.15, 0.2) is 24.3 Å². The van der Waals surface area contributed by atoms with Crippen LogP contribution < -0.4 is 5.73 Å². The Kier molecular flexibility index (Phi) is 2.61. The lowest BCUT2D eigenvalue weighted by atomic mass is 9.87. The first kappa shape index (κ1) is 10.4. The largest absolute Gasteiger partial charge is 0.327 e. The van der Waals surface area contributed by atoms with Crippen LogP contribution in [0.25, 0.3) is 0 Å². The third-order valence-corrected chi connectivity index (χ3v) is 3.49. The molecule has 0 heterocycles. The summed E-state index contributed by atoms with van der Waals surface area (Å²) < 4.78 is 0. The SMILES string of the molecule is CCC(N)C1C(=O)c2ccccc2C1C. The van der Waals surface area contributed by atoms with Crippen molar-refractivity contribution in [2.75, 3.05) is 0 Å². The second-order valence-corrected chi connectivity index (χ2v) is 4.34. The van der Waals surface area contributed by atoms with E-state index in [1.807, 2.05) is 31.2 Å². The molecule has 0 saturated heterocycles. The van der Waals surface area contributed by atoms with Gasteiger partial charge < -0.3 is 5.73 Å². The van der Waals surface area contributed by atoms with Gasteiger partial charge in [-0.1, -0.05) is 38.1 Å². The number of hydrogen-bond acceptors (Lipinski definition) is 2. The third-order valence-electron chi connectivity index (χ3n) is 3.49. The Hall–Kier alpha value is -1.15. The molecule has 1 aliphatic carbocycles. The quantitative estimate of drug-likeness (QED) is 0.801. The molecular formula is C13H17NO. The Morgan fingerprint density at radius 3 is 2.67 bits per heavy atom. The van der Waals surface area contributed by atoms with Gasteiger partial charge in [-0.05, 0) is 17.9 Å². The van der Waals surface area contributed by atoms with E-state index in [-0.39, 0.29) is 23.7 Å². The molecule has 3 unspecified atom stereocenters. The topological polar surface area (TPSA) is 43.1 Å². The molecule has 2 nitrogen and oxygen atoms in total. The van der Waals surface area contributed by atoms with Crippen LogP contribution >= 0.6 is 0 Å². The van der Waals surface area contributed by atoms with E-state index in [2.05, 4.69) is 6.92 Å². The highest BCUT2D eigenvalue weighted by Crippen LogP contribution is 2.39. The lowest BCUT2D eigenvalue weighted by Gasteiger charge is -2.20. The van der Waals surface area contributed by atoms with Gasteiger partial charge in [0.05, 0.1) is 0 Å². The normalized spacial score (nSPS) is 26.5. The van der Waals surface area contributed by atoms with Crippen molar-refractivity contribution in [1.29, 1.82) is 0 Å². The average molecular weight is 203 g/mol. The van der Waals surface area contributed by atoms with Gasteiger partial charge in [0.25, 0.3) is 0 Å². The van der Waals surface area contributed by atoms with Crippen molar-refractivity contribution in [2.24, 2.45) is 11.7 Å². The Morgan fingerprint density at radius 1 is 1.40 bits per heavy atom. The number of Topliss-reactive ketones (excluding diaryl/α,β-unsaturated/α-hetero) is 1. The van der Waals surface area contributed by atoms with Gasteiger partial charge in [0.1, 0.15) is 0 Å². The molecule has 1 aliphatic rings. The Balaban J connectivity index is 2.41. The zero-order chi connectivity index (χ0) is 11.0. The number of rotatable bonds is 2. The van der Waals surface area contributed by atoms with Crippen molar-refractivity contribution in [3.05, 3.63) is 35.4 Å². The number of nitrogens with two attached hydrogens (primary N) is 1. The molecule has 2 heteroatoms. The molecule has 0 fully saturated rings. The molecule has 1 aromatic rings. The van der Waals surface area contributed by atoms with Gasteiger partial charge in [-0.15, -0.1) is 0 Å². The van der Waals surface area contributed by atoms with Crippen molar-refractivity contribution >= 4 is 5.78 Å². The lowest BCUT2D eigenvalue weighted by Crippen LogP contribution is -2.34.